The fourth-order valence-electron chi connectivity index (χ4n) is 5.25. The Morgan fingerprint density at radius 1 is 1.17 bits per heavy atom. The number of nitrogens with zero attached hydrogens (tertiary/aromatic N) is 3. The van der Waals surface area contributed by atoms with E-state index >= 15 is 0 Å². The zero-order valence-corrected chi connectivity index (χ0v) is 20.3. The smallest absolute Gasteiger partial charge is 0.358 e. The SMILES string of the molecule is CCn1nc(C)c2c1CCN([C@@H](C(=O)NC)c1ccccc1)[C@H]2CCc1cccc(C(F)(F)F)c1. The van der Waals surface area contributed by atoms with Gasteiger partial charge in [0.15, 0.2) is 0 Å². The average molecular weight is 485 g/mol. The second-order valence-electron chi connectivity index (χ2n) is 8.93. The Morgan fingerprint density at radius 2 is 1.91 bits per heavy atom. The van der Waals surface area contributed by atoms with E-state index in [1.807, 2.05) is 48.9 Å². The van der Waals surface area contributed by atoms with E-state index in [4.69, 9.17) is 5.10 Å². The van der Waals surface area contributed by atoms with Crippen LogP contribution in [0.4, 0.5) is 13.2 Å². The summed E-state index contributed by atoms with van der Waals surface area (Å²) in [4.78, 5) is 15.3. The third kappa shape index (κ3) is 5.12. The molecule has 186 valence electrons. The quantitative estimate of drug-likeness (QED) is 0.498. The average Bonchev–Trinajstić information content (AvgIpc) is 3.19. The van der Waals surface area contributed by atoms with Crippen molar-refractivity contribution in [1.82, 2.24) is 20.0 Å². The van der Waals surface area contributed by atoms with Gasteiger partial charge in [0.1, 0.15) is 6.04 Å². The molecule has 35 heavy (non-hydrogen) atoms. The monoisotopic (exact) mass is 484 g/mol. The van der Waals surface area contributed by atoms with Crippen LogP contribution in [0.5, 0.6) is 0 Å². The van der Waals surface area contributed by atoms with Crippen molar-refractivity contribution in [3.8, 4) is 0 Å². The second-order valence-corrected chi connectivity index (χ2v) is 8.93. The second kappa shape index (κ2) is 10.2. The van der Waals surface area contributed by atoms with Crippen molar-refractivity contribution in [2.45, 2.75) is 57.9 Å². The molecule has 0 saturated heterocycles. The van der Waals surface area contributed by atoms with Crippen LogP contribution >= 0.6 is 0 Å². The number of aryl methyl sites for hydroxylation is 3. The first kappa shape index (κ1) is 25.0. The molecule has 0 unspecified atom stereocenters. The highest BCUT2D eigenvalue weighted by Crippen LogP contribution is 2.41. The van der Waals surface area contributed by atoms with Crippen LogP contribution in [-0.4, -0.2) is 34.2 Å². The molecular formula is C27H31F3N4O. The molecule has 0 saturated carbocycles. The number of halogens is 3. The molecule has 0 fully saturated rings. The van der Waals surface area contributed by atoms with Crippen LogP contribution < -0.4 is 5.32 Å². The van der Waals surface area contributed by atoms with E-state index in [2.05, 4.69) is 10.2 Å². The molecule has 1 aliphatic heterocycles. The number of hydrogen-bond donors (Lipinski definition) is 1. The zero-order valence-electron chi connectivity index (χ0n) is 20.3. The number of nitrogens with one attached hydrogen (secondary N) is 1. The number of carbonyl (C=O) groups excluding carboxylic acids is 1. The normalized spacial score (nSPS) is 17.1. The van der Waals surface area contributed by atoms with Crippen molar-refractivity contribution < 1.29 is 18.0 Å². The highest BCUT2D eigenvalue weighted by atomic mass is 19.4. The molecule has 0 aliphatic carbocycles. The van der Waals surface area contributed by atoms with Crippen LogP contribution in [0, 0.1) is 6.92 Å². The van der Waals surface area contributed by atoms with E-state index in [1.165, 1.54) is 12.1 Å². The van der Waals surface area contributed by atoms with Crippen molar-refractivity contribution >= 4 is 5.91 Å². The number of hydrogen-bond acceptors (Lipinski definition) is 3. The van der Waals surface area contributed by atoms with E-state index in [9.17, 15) is 18.0 Å². The number of benzene rings is 2. The molecule has 1 aromatic heterocycles. The van der Waals surface area contributed by atoms with Gasteiger partial charge in [0.25, 0.3) is 0 Å². The Hall–Kier alpha value is -3.13. The highest BCUT2D eigenvalue weighted by Gasteiger charge is 2.39. The zero-order chi connectivity index (χ0) is 25.2. The Labute approximate surface area is 203 Å². The number of amides is 1. The minimum absolute atomic E-state index is 0.107. The molecule has 2 atom stereocenters. The van der Waals surface area contributed by atoms with Gasteiger partial charge < -0.3 is 5.32 Å². The number of alkyl halides is 3. The van der Waals surface area contributed by atoms with Crippen LogP contribution in [0.25, 0.3) is 0 Å². The first-order valence-corrected chi connectivity index (χ1v) is 12.0. The molecule has 1 aliphatic rings. The predicted molar refractivity (Wildman–Crippen MR) is 129 cm³/mol. The van der Waals surface area contributed by atoms with Gasteiger partial charge in [-0.15, -0.1) is 0 Å². The molecule has 0 radical (unpaired) electrons. The van der Waals surface area contributed by atoms with Gasteiger partial charge in [-0.2, -0.15) is 18.3 Å². The molecule has 0 bridgehead atoms. The Bertz CT molecular complexity index is 1170. The molecule has 5 nitrogen and oxygen atoms in total. The maximum atomic E-state index is 13.3. The summed E-state index contributed by atoms with van der Waals surface area (Å²) in [7, 11) is 1.63. The topological polar surface area (TPSA) is 50.2 Å². The Morgan fingerprint density at radius 3 is 2.57 bits per heavy atom. The first-order chi connectivity index (χ1) is 16.7. The lowest BCUT2D eigenvalue weighted by Gasteiger charge is -2.41. The lowest BCUT2D eigenvalue weighted by atomic mass is 9.88. The van der Waals surface area contributed by atoms with Gasteiger partial charge in [-0.3, -0.25) is 14.4 Å². The summed E-state index contributed by atoms with van der Waals surface area (Å²) in [6, 6.07) is 14.5. The molecule has 3 aromatic rings. The maximum Gasteiger partial charge on any atom is 0.416 e. The summed E-state index contributed by atoms with van der Waals surface area (Å²) in [6.07, 6.45) is -2.59. The molecule has 2 heterocycles. The van der Waals surface area contributed by atoms with Crippen molar-refractivity contribution in [3.63, 3.8) is 0 Å². The minimum Gasteiger partial charge on any atom is -0.358 e. The van der Waals surface area contributed by atoms with Crippen molar-refractivity contribution in [3.05, 3.63) is 88.2 Å². The van der Waals surface area contributed by atoms with Crippen LogP contribution in [0.15, 0.2) is 54.6 Å². The van der Waals surface area contributed by atoms with E-state index in [0.29, 0.717) is 24.9 Å². The maximum absolute atomic E-state index is 13.3. The summed E-state index contributed by atoms with van der Waals surface area (Å²) in [5.74, 6) is -0.107. The third-order valence-corrected chi connectivity index (χ3v) is 6.83. The fraction of sp³-hybridized carbons (Fsp3) is 0.407. The number of likely N-dealkylation sites (N-methyl/N-ethyl adjacent to an activating group) is 1. The Kier molecular flexibility index (Phi) is 7.31. The van der Waals surface area contributed by atoms with Gasteiger partial charge in [-0.1, -0.05) is 48.5 Å². The third-order valence-electron chi connectivity index (χ3n) is 6.83. The molecule has 0 spiro atoms. The lowest BCUT2D eigenvalue weighted by molar-refractivity contribution is -0.137. The van der Waals surface area contributed by atoms with Crippen molar-refractivity contribution in [1.29, 1.82) is 0 Å². The van der Waals surface area contributed by atoms with Gasteiger partial charge in [0.2, 0.25) is 5.91 Å². The Balaban J connectivity index is 1.73. The standard InChI is InChI=1S/C27H31F3N4O/c1-4-34-23-15-16-33(25(26(35)31-3)20-10-6-5-7-11-20)22(24(23)18(2)32-34)14-13-19-9-8-12-21(17-19)27(28,29)30/h5-12,17,22,25H,4,13-16H2,1-3H3,(H,31,35)/t22-,25+/m0/s1. The number of carbonyl (C=O) groups is 1. The van der Waals surface area contributed by atoms with E-state index < -0.39 is 17.8 Å². The van der Waals surface area contributed by atoms with Crippen molar-refractivity contribution in [2.75, 3.05) is 13.6 Å². The van der Waals surface area contributed by atoms with Crippen LogP contribution in [0.2, 0.25) is 0 Å². The molecule has 1 amide bonds. The molecule has 4 rings (SSSR count). The van der Waals surface area contributed by atoms with Gasteiger partial charge in [-0.05, 0) is 43.9 Å². The van der Waals surface area contributed by atoms with Crippen LogP contribution in [0.1, 0.15) is 59.1 Å². The molecular weight excluding hydrogens is 453 g/mol. The summed E-state index contributed by atoms with van der Waals surface area (Å²) in [6.45, 7) is 5.42. The lowest BCUT2D eigenvalue weighted by Crippen LogP contribution is -2.45. The molecule has 2 aromatic carbocycles. The van der Waals surface area contributed by atoms with E-state index in [-0.39, 0.29) is 11.9 Å². The van der Waals surface area contributed by atoms with Gasteiger partial charge in [-0.25, -0.2) is 0 Å². The van der Waals surface area contributed by atoms with E-state index in [1.54, 1.807) is 13.1 Å². The minimum atomic E-state index is -4.38. The van der Waals surface area contributed by atoms with Gasteiger partial charge in [0, 0.05) is 43.9 Å². The molecule has 1 N–H and O–H groups in total. The number of aromatic nitrogens is 2. The van der Waals surface area contributed by atoms with Gasteiger partial charge in [0.05, 0.1) is 11.3 Å². The van der Waals surface area contributed by atoms with E-state index in [0.717, 1.165) is 41.5 Å². The summed E-state index contributed by atoms with van der Waals surface area (Å²) >= 11 is 0. The molecule has 8 heteroatoms. The summed E-state index contributed by atoms with van der Waals surface area (Å²) in [5.41, 5.74) is 4.03. The largest absolute Gasteiger partial charge is 0.416 e. The summed E-state index contributed by atoms with van der Waals surface area (Å²) in [5, 5.41) is 7.54. The number of fused-ring (bicyclic) bond motifs is 1. The fourth-order valence-corrected chi connectivity index (χ4v) is 5.25. The van der Waals surface area contributed by atoms with Crippen molar-refractivity contribution in [2.24, 2.45) is 0 Å². The van der Waals surface area contributed by atoms with Gasteiger partial charge >= 0.3 is 6.18 Å². The van der Waals surface area contributed by atoms with Crippen LogP contribution in [-0.2, 0) is 30.4 Å². The highest BCUT2D eigenvalue weighted by molar-refractivity contribution is 5.83. The van der Waals surface area contributed by atoms with Crippen LogP contribution in [0.3, 0.4) is 0 Å². The summed E-state index contributed by atoms with van der Waals surface area (Å²) < 4.78 is 41.8. The first-order valence-electron chi connectivity index (χ1n) is 12.0. The predicted octanol–water partition coefficient (Wildman–Crippen LogP) is 5.25. The number of rotatable bonds is 7.